The van der Waals surface area contributed by atoms with Crippen molar-refractivity contribution in [3.05, 3.63) is 65.3 Å². The van der Waals surface area contributed by atoms with Crippen molar-refractivity contribution in [3.63, 3.8) is 0 Å². The first-order valence-electron chi connectivity index (χ1n) is 7.70. The molecular formula is C18H16ClNO4S. The molecule has 0 saturated carbocycles. The van der Waals surface area contributed by atoms with E-state index >= 15 is 0 Å². The topological polar surface area (TPSA) is 76.4 Å². The van der Waals surface area contributed by atoms with E-state index in [1.54, 1.807) is 49.4 Å². The van der Waals surface area contributed by atoms with E-state index in [9.17, 15) is 18.3 Å². The molecular weight excluding hydrogens is 362 g/mol. The molecule has 0 saturated heterocycles. The summed E-state index contributed by atoms with van der Waals surface area (Å²) in [5.74, 6) is -2.01. The molecule has 1 N–H and O–H groups in total. The van der Waals surface area contributed by atoms with Crippen LogP contribution in [0, 0.1) is 0 Å². The number of carboxylic acid groups (broad SMARTS) is 1. The molecule has 3 rings (SSSR count). The van der Waals surface area contributed by atoms with Crippen molar-refractivity contribution in [2.45, 2.75) is 24.2 Å². The molecule has 0 bridgehead atoms. The molecule has 5 nitrogen and oxygen atoms in total. The zero-order chi connectivity index (χ0) is 18.2. The predicted octanol–water partition coefficient (Wildman–Crippen LogP) is 4.11. The van der Waals surface area contributed by atoms with Gasteiger partial charge in [0.25, 0.3) is 10.0 Å². The fourth-order valence-corrected chi connectivity index (χ4v) is 4.68. The number of halogens is 1. The van der Waals surface area contributed by atoms with Crippen molar-refractivity contribution < 1.29 is 18.3 Å². The lowest BCUT2D eigenvalue weighted by Gasteiger charge is -2.16. The Labute approximate surface area is 150 Å². The normalized spacial score (nSPS) is 13.0. The Bertz CT molecular complexity index is 1040. The number of carboxylic acids is 1. The molecule has 130 valence electrons. The third-order valence-corrected chi connectivity index (χ3v) is 6.08. The van der Waals surface area contributed by atoms with Gasteiger partial charge in [-0.15, -0.1) is 0 Å². The SMILES string of the molecule is CCC(C(=O)O)c1cc2cc(Cl)ccc2n1S(=O)(=O)c1ccccc1. The van der Waals surface area contributed by atoms with Gasteiger partial charge in [0, 0.05) is 16.1 Å². The van der Waals surface area contributed by atoms with E-state index in [4.69, 9.17) is 11.6 Å². The van der Waals surface area contributed by atoms with Crippen molar-refractivity contribution in [1.29, 1.82) is 0 Å². The van der Waals surface area contributed by atoms with Crippen molar-refractivity contribution >= 4 is 38.5 Å². The van der Waals surface area contributed by atoms with Gasteiger partial charge in [-0.05, 0) is 42.8 Å². The van der Waals surface area contributed by atoms with Crippen LogP contribution in [0.2, 0.25) is 5.02 Å². The number of carbonyl (C=O) groups is 1. The monoisotopic (exact) mass is 377 g/mol. The van der Waals surface area contributed by atoms with Crippen LogP contribution in [-0.2, 0) is 14.8 Å². The van der Waals surface area contributed by atoms with Crippen LogP contribution in [-0.4, -0.2) is 23.5 Å². The molecule has 1 aromatic heterocycles. The van der Waals surface area contributed by atoms with Gasteiger partial charge in [0.15, 0.2) is 0 Å². The van der Waals surface area contributed by atoms with Gasteiger partial charge >= 0.3 is 5.97 Å². The first-order chi connectivity index (χ1) is 11.9. The van der Waals surface area contributed by atoms with Crippen molar-refractivity contribution in [1.82, 2.24) is 3.97 Å². The van der Waals surface area contributed by atoms with E-state index < -0.39 is 21.9 Å². The van der Waals surface area contributed by atoms with E-state index in [1.807, 2.05) is 0 Å². The second kappa shape index (κ2) is 6.54. The van der Waals surface area contributed by atoms with E-state index in [0.29, 0.717) is 15.9 Å². The first-order valence-corrected chi connectivity index (χ1v) is 9.52. The maximum absolute atomic E-state index is 13.2. The second-order valence-corrected chi connectivity index (χ2v) is 7.88. The van der Waals surface area contributed by atoms with E-state index in [-0.39, 0.29) is 17.0 Å². The van der Waals surface area contributed by atoms with Gasteiger partial charge in [0.2, 0.25) is 0 Å². The average Bonchev–Trinajstić information content (AvgIpc) is 2.94. The molecule has 0 radical (unpaired) electrons. The van der Waals surface area contributed by atoms with Gasteiger partial charge in [0.05, 0.1) is 16.3 Å². The predicted molar refractivity (Wildman–Crippen MR) is 96.6 cm³/mol. The second-order valence-electron chi connectivity index (χ2n) is 5.65. The van der Waals surface area contributed by atoms with Gasteiger partial charge in [-0.1, -0.05) is 36.7 Å². The van der Waals surface area contributed by atoms with Gasteiger partial charge in [-0.2, -0.15) is 0 Å². The quantitative estimate of drug-likeness (QED) is 0.725. The number of benzene rings is 2. The molecule has 0 aliphatic carbocycles. The number of aromatic nitrogens is 1. The van der Waals surface area contributed by atoms with Crippen LogP contribution in [0.4, 0.5) is 0 Å². The zero-order valence-corrected chi connectivity index (χ0v) is 15.0. The lowest BCUT2D eigenvalue weighted by atomic mass is 10.0. The summed E-state index contributed by atoms with van der Waals surface area (Å²) in [5, 5.41) is 10.6. The summed E-state index contributed by atoms with van der Waals surface area (Å²) >= 11 is 6.01. The van der Waals surface area contributed by atoms with Crippen LogP contribution in [0.25, 0.3) is 10.9 Å². The van der Waals surface area contributed by atoms with Crippen LogP contribution < -0.4 is 0 Å². The Hall–Kier alpha value is -2.31. The molecule has 0 amide bonds. The molecule has 7 heteroatoms. The summed E-state index contributed by atoms with van der Waals surface area (Å²) < 4.78 is 27.5. The molecule has 0 fully saturated rings. The van der Waals surface area contributed by atoms with Gasteiger partial charge in [-0.25, -0.2) is 12.4 Å². The number of hydrogen-bond acceptors (Lipinski definition) is 3. The van der Waals surface area contributed by atoms with Gasteiger partial charge in [0.1, 0.15) is 0 Å². The summed E-state index contributed by atoms with van der Waals surface area (Å²) in [7, 11) is -3.94. The number of hydrogen-bond donors (Lipinski definition) is 1. The smallest absolute Gasteiger partial charge is 0.312 e. The van der Waals surface area contributed by atoms with Crippen LogP contribution in [0.3, 0.4) is 0 Å². The molecule has 0 aliphatic rings. The highest BCUT2D eigenvalue weighted by Crippen LogP contribution is 2.33. The summed E-state index contributed by atoms with van der Waals surface area (Å²) in [6.45, 7) is 1.71. The lowest BCUT2D eigenvalue weighted by Crippen LogP contribution is -2.21. The Morgan fingerprint density at radius 1 is 1.16 bits per heavy atom. The Morgan fingerprint density at radius 2 is 1.84 bits per heavy atom. The summed E-state index contributed by atoms with van der Waals surface area (Å²) in [6.07, 6.45) is 0.268. The number of aliphatic carboxylic acids is 1. The third-order valence-electron chi connectivity index (χ3n) is 4.09. The molecule has 3 aromatic rings. The minimum Gasteiger partial charge on any atom is -0.481 e. The first kappa shape index (κ1) is 17.5. The minimum atomic E-state index is -3.94. The Kier molecular flexibility index (Phi) is 4.58. The number of nitrogens with zero attached hydrogens (tertiary/aromatic N) is 1. The van der Waals surface area contributed by atoms with E-state index in [0.717, 1.165) is 3.97 Å². The van der Waals surface area contributed by atoms with Crippen LogP contribution in [0.1, 0.15) is 25.0 Å². The van der Waals surface area contributed by atoms with Gasteiger partial charge < -0.3 is 5.11 Å². The highest BCUT2D eigenvalue weighted by Gasteiger charge is 2.29. The third kappa shape index (κ3) is 3.03. The Morgan fingerprint density at radius 3 is 2.44 bits per heavy atom. The summed E-state index contributed by atoms with van der Waals surface area (Å²) in [6, 6.07) is 14.4. The van der Waals surface area contributed by atoms with E-state index in [2.05, 4.69) is 0 Å². The van der Waals surface area contributed by atoms with Crippen molar-refractivity contribution in [2.75, 3.05) is 0 Å². The highest BCUT2D eigenvalue weighted by atomic mass is 35.5. The standard InChI is InChI=1S/C18H16ClNO4S/c1-2-15(18(21)22)17-11-12-10-13(19)8-9-16(12)20(17)25(23,24)14-6-4-3-5-7-14/h3-11,15H,2H2,1H3,(H,21,22). The summed E-state index contributed by atoms with van der Waals surface area (Å²) in [4.78, 5) is 11.8. The minimum absolute atomic E-state index is 0.101. The number of fused-ring (bicyclic) bond motifs is 1. The fraction of sp³-hybridized carbons (Fsp3) is 0.167. The molecule has 1 heterocycles. The fourth-order valence-electron chi connectivity index (χ4n) is 2.90. The van der Waals surface area contributed by atoms with Crippen LogP contribution in [0.5, 0.6) is 0 Å². The molecule has 0 spiro atoms. The largest absolute Gasteiger partial charge is 0.481 e. The molecule has 2 aromatic carbocycles. The maximum atomic E-state index is 13.2. The Balaban J connectivity index is 2.38. The molecule has 1 unspecified atom stereocenters. The summed E-state index contributed by atoms with van der Waals surface area (Å²) in [5.41, 5.74) is 0.624. The maximum Gasteiger partial charge on any atom is 0.312 e. The molecule has 25 heavy (non-hydrogen) atoms. The molecule has 0 aliphatic heterocycles. The molecule has 1 atom stereocenters. The van der Waals surface area contributed by atoms with Crippen LogP contribution in [0.15, 0.2) is 59.5 Å². The van der Waals surface area contributed by atoms with E-state index in [1.165, 1.54) is 12.1 Å². The zero-order valence-electron chi connectivity index (χ0n) is 13.4. The highest BCUT2D eigenvalue weighted by molar-refractivity contribution is 7.90. The average molecular weight is 378 g/mol. The van der Waals surface area contributed by atoms with Crippen molar-refractivity contribution in [3.8, 4) is 0 Å². The lowest BCUT2D eigenvalue weighted by molar-refractivity contribution is -0.138. The number of rotatable bonds is 5. The van der Waals surface area contributed by atoms with Crippen molar-refractivity contribution in [2.24, 2.45) is 0 Å². The van der Waals surface area contributed by atoms with Crippen LogP contribution >= 0.6 is 11.6 Å². The van der Waals surface area contributed by atoms with Gasteiger partial charge in [-0.3, -0.25) is 4.79 Å².